The largest absolute Gasteiger partial charge is 0.354 e. The Bertz CT molecular complexity index is 397. The Morgan fingerprint density at radius 1 is 1.28 bits per heavy atom. The average molecular weight is 248 g/mol. The summed E-state index contributed by atoms with van der Waals surface area (Å²) in [5, 5.41) is 0. The number of rotatable bonds is 3. The zero-order chi connectivity index (χ0) is 13.1. The lowest BCUT2D eigenvalue weighted by Gasteiger charge is -2.33. The first-order chi connectivity index (χ1) is 8.61. The van der Waals surface area contributed by atoms with Crippen LogP contribution in [0.1, 0.15) is 30.6 Å². The fraction of sp³-hybridized carbons (Fsp3) is 0.643. The number of piperazine rings is 1. The Labute approximate surface area is 110 Å². The molecule has 0 bridgehead atoms. The zero-order valence-corrected chi connectivity index (χ0v) is 11.7. The lowest BCUT2D eigenvalue weighted by molar-refractivity contribution is 0.312. The number of likely N-dealkylation sites (N-methyl/N-ethyl adjacent to an activating group) is 1. The lowest BCUT2D eigenvalue weighted by atomic mass is 10.0. The van der Waals surface area contributed by atoms with E-state index in [9.17, 15) is 0 Å². The van der Waals surface area contributed by atoms with Gasteiger partial charge in [-0.25, -0.2) is 4.98 Å². The summed E-state index contributed by atoms with van der Waals surface area (Å²) in [6.07, 6.45) is 0.955. The molecule has 2 N–H and O–H groups in total. The van der Waals surface area contributed by atoms with Crippen molar-refractivity contribution in [2.24, 2.45) is 5.73 Å². The molecule has 0 saturated carbocycles. The van der Waals surface area contributed by atoms with Crippen molar-refractivity contribution in [1.29, 1.82) is 0 Å². The van der Waals surface area contributed by atoms with Crippen LogP contribution in [0.15, 0.2) is 12.1 Å². The standard InChI is InChI=1S/C14H24N4/c1-4-13(15)12-5-6-14(16-11(12)2)18-9-7-17(3)8-10-18/h5-6,13H,4,7-10,15H2,1-3H3. The molecule has 0 aromatic carbocycles. The summed E-state index contributed by atoms with van der Waals surface area (Å²) in [5.41, 5.74) is 8.33. The predicted octanol–water partition coefficient (Wildman–Crippen LogP) is 1.55. The summed E-state index contributed by atoms with van der Waals surface area (Å²) in [7, 11) is 2.17. The molecule has 4 heteroatoms. The van der Waals surface area contributed by atoms with Crippen LogP contribution in [-0.4, -0.2) is 43.1 Å². The van der Waals surface area contributed by atoms with Gasteiger partial charge in [0.2, 0.25) is 0 Å². The number of pyridine rings is 1. The highest BCUT2D eigenvalue weighted by atomic mass is 15.3. The number of nitrogens with zero attached hydrogens (tertiary/aromatic N) is 3. The molecule has 0 spiro atoms. The molecule has 1 aliphatic heterocycles. The van der Waals surface area contributed by atoms with Crippen molar-refractivity contribution in [3.63, 3.8) is 0 Å². The monoisotopic (exact) mass is 248 g/mol. The number of anilines is 1. The normalized spacial score (nSPS) is 19.0. The van der Waals surface area contributed by atoms with Gasteiger partial charge >= 0.3 is 0 Å². The predicted molar refractivity (Wildman–Crippen MR) is 75.9 cm³/mol. The van der Waals surface area contributed by atoms with Crippen molar-refractivity contribution < 1.29 is 0 Å². The highest BCUT2D eigenvalue weighted by molar-refractivity contribution is 5.42. The van der Waals surface area contributed by atoms with E-state index in [1.807, 2.05) is 0 Å². The third-order valence-electron chi connectivity index (χ3n) is 3.78. The maximum absolute atomic E-state index is 6.08. The molecule has 4 nitrogen and oxygen atoms in total. The highest BCUT2D eigenvalue weighted by Gasteiger charge is 2.16. The van der Waals surface area contributed by atoms with Crippen molar-refractivity contribution >= 4 is 5.82 Å². The van der Waals surface area contributed by atoms with Crippen molar-refractivity contribution in [3.05, 3.63) is 23.4 Å². The molecule has 1 atom stereocenters. The van der Waals surface area contributed by atoms with E-state index in [2.05, 4.69) is 42.8 Å². The maximum Gasteiger partial charge on any atom is 0.128 e. The molecule has 1 aliphatic rings. The summed E-state index contributed by atoms with van der Waals surface area (Å²) in [6, 6.07) is 4.37. The zero-order valence-electron chi connectivity index (χ0n) is 11.7. The Hall–Kier alpha value is -1.13. The summed E-state index contributed by atoms with van der Waals surface area (Å²) < 4.78 is 0. The highest BCUT2D eigenvalue weighted by Crippen LogP contribution is 2.21. The van der Waals surface area contributed by atoms with E-state index < -0.39 is 0 Å². The molecule has 2 rings (SSSR count). The molecule has 1 unspecified atom stereocenters. The minimum atomic E-state index is 0.110. The van der Waals surface area contributed by atoms with Gasteiger partial charge in [-0.1, -0.05) is 13.0 Å². The Morgan fingerprint density at radius 2 is 1.94 bits per heavy atom. The second-order valence-corrected chi connectivity index (χ2v) is 5.15. The summed E-state index contributed by atoms with van der Waals surface area (Å²) in [5.74, 6) is 1.09. The Morgan fingerprint density at radius 3 is 2.50 bits per heavy atom. The van der Waals surface area contributed by atoms with E-state index in [4.69, 9.17) is 10.7 Å². The topological polar surface area (TPSA) is 45.4 Å². The molecule has 0 aliphatic carbocycles. The van der Waals surface area contributed by atoms with Gasteiger partial charge in [-0.05, 0) is 32.0 Å². The van der Waals surface area contributed by atoms with Crippen LogP contribution in [-0.2, 0) is 0 Å². The molecule has 0 radical (unpaired) electrons. The molecule has 2 heterocycles. The van der Waals surface area contributed by atoms with Gasteiger partial charge in [-0.15, -0.1) is 0 Å². The first-order valence-corrected chi connectivity index (χ1v) is 6.78. The summed E-state index contributed by atoms with van der Waals surface area (Å²) in [4.78, 5) is 9.43. The van der Waals surface area contributed by atoms with Crippen LogP contribution >= 0.6 is 0 Å². The van der Waals surface area contributed by atoms with E-state index in [-0.39, 0.29) is 6.04 Å². The fourth-order valence-corrected chi connectivity index (χ4v) is 2.38. The Balaban J connectivity index is 2.13. The first kappa shape index (κ1) is 13.3. The van der Waals surface area contributed by atoms with Gasteiger partial charge in [0, 0.05) is 37.9 Å². The maximum atomic E-state index is 6.08. The fourth-order valence-electron chi connectivity index (χ4n) is 2.38. The smallest absolute Gasteiger partial charge is 0.128 e. The summed E-state index contributed by atoms with van der Waals surface area (Å²) in [6.45, 7) is 8.50. The van der Waals surface area contributed by atoms with E-state index >= 15 is 0 Å². The number of nitrogens with two attached hydrogens (primary N) is 1. The number of aromatic nitrogens is 1. The van der Waals surface area contributed by atoms with Crippen LogP contribution in [0.2, 0.25) is 0 Å². The minimum Gasteiger partial charge on any atom is -0.354 e. The van der Waals surface area contributed by atoms with Gasteiger partial charge in [0.05, 0.1) is 0 Å². The van der Waals surface area contributed by atoms with Crippen molar-refractivity contribution in [1.82, 2.24) is 9.88 Å². The molecule has 18 heavy (non-hydrogen) atoms. The molecule has 100 valence electrons. The van der Waals surface area contributed by atoms with Crippen LogP contribution in [0.5, 0.6) is 0 Å². The van der Waals surface area contributed by atoms with E-state index in [1.54, 1.807) is 0 Å². The lowest BCUT2D eigenvalue weighted by Crippen LogP contribution is -2.44. The van der Waals surface area contributed by atoms with Gasteiger partial charge in [0.25, 0.3) is 0 Å². The third kappa shape index (κ3) is 2.82. The number of aryl methyl sites for hydroxylation is 1. The van der Waals surface area contributed by atoms with Gasteiger partial charge in [-0.2, -0.15) is 0 Å². The van der Waals surface area contributed by atoms with Crippen LogP contribution in [0, 0.1) is 6.92 Å². The second-order valence-electron chi connectivity index (χ2n) is 5.15. The first-order valence-electron chi connectivity index (χ1n) is 6.78. The van der Waals surface area contributed by atoms with Gasteiger partial charge in [-0.3, -0.25) is 0 Å². The molecule has 1 aromatic rings. The quantitative estimate of drug-likeness (QED) is 0.881. The van der Waals surface area contributed by atoms with Crippen LogP contribution in [0.25, 0.3) is 0 Å². The summed E-state index contributed by atoms with van der Waals surface area (Å²) >= 11 is 0. The van der Waals surface area contributed by atoms with E-state index in [0.29, 0.717) is 0 Å². The number of hydrogen-bond acceptors (Lipinski definition) is 4. The molecular formula is C14H24N4. The van der Waals surface area contributed by atoms with Gasteiger partial charge in [0.1, 0.15) is 5.82 Å². The average Bonchev–Trinajstić information content (AvgIpc) is 2.38. The van der Waals surface area contributed by atoms with Crippen LogP contribution in [0.4, 0.5) is 5.82 Å². The number of hydrogen-bond donors (Lipinski definition) is 1. The van der Waals surface area contributed by atoms with Crippen molar-refractivity contribution in [2.75, 3.05) is 38.1 Å². The van der Waals surface area contributed by atoms with E-state index in [1.165, 1.54) is 5.56 Å². The molecule has 1 aromatic heterocycles. The molecule has 1 fully saturated rings. The molecule has 0 amide bonds. The second kappa shape index (κ2) is 5.67. The third-order valence-corrected chi connectivity index (χ3v) is 3.78. The van der Waals surface area contributed by atoms with E-state index in [0.717, 1.165) is 44.1 Å². The molecule has 1 saturated heterocycles. The molecular weight excluding hydrogens is 224 g/mol. The van der Waals surface area contributed by atoms with Crippen molar-refractivity contribution in [2.45, 2.75) is 26.3 Å². The minimum absolute atomic E-state index is 0.110. The van der Waals surface area contributed by atoms with Gasteiger partial charge < -0.3 is 15.5 Å². The SMILES string of the molecule is CCC(N)c1ccc(N2CCN(C)CC2)nc1C. The van der Waals surface area contributed by atoms with Gasteiger partial charge in [0.15, 0.2) is 0 Å². The van der Waals surface area contributed by atoms with Crippen molar-refractivity contribution in [3.8, 4) is 0 Å². The van der Waals surface area contributed by atoms with Crippen LogP contribution < -0.4 is 10.6 Å². The van der Waals surface area contributed by atoms with Crippen LogP contribution in [0.3, 0.4) is 0 Å². The Kier molecular flexibility index (Phi) is 4.19.